The third-order valence-electron chi connectivity index (χ3n) is 4.09. The quantitative estimate of drug-likeness (QED) is 0.641. The number of nitrogens with zero attached hydrogens (tertiary/aromatic N) is 3. The summed E-state index contributed by atoms with van der Waals surface area (Å²) in [5, 5.41) is 4.00. The van der Waals surface area contributed by atoms with Crippen molar-refractivity contribution >= 4 is 51.6 Å². The van der Waals surface area contributed by atoms with Crippen molar-refractivity contribution in [3.8, 4) is 5.88 Å². The number of carbonyl (C=O) groups excluding carboxylic acids is 2. The second kappa shape index (κ2) is 9.07. The van der Waals surface area contributed by atoms with E-state index in [2.05, 4.69) is 15.3 Å². The maximum absolute atomic E-state index is 12.3. The molecule has 1 N–H and O–H groups in total. The molecule has 0 saturated carbocycles. The number of carbonyl (C=O) groups is 2. The predicted molar refractivity (Wildman–Crippen MR) is 112 cm³/mol. The minimum Gasteiger partial charge on any atom is -0.467 e. The molecule has 1 aromatic heterocycles. The summed E-state index contributed by atoms with van der Waals surface area (Å²) in [6, 6.07) is 10.6. The van der Waals surface area contributed by atoms with Gasteiger partial charge in [-0.15, -0.1) is 0 Å². The lowest BCUT2D eigenvalue weighted by Gasteiger charge is -2.17. The Morgan fingerprint density at radius 2 is 1.86 bits per heavy atom. The Morgan fingerprint density at radius 1 is 1.14 bits per heavy atom. The topological polar surface area (TPSA) is 84.4 Å². The highest BCUT2D eigenvalue weighted by molar-refractivity contribution is 6.38. The Kier molecular flexibility index (Phi) is 6.51. The highest BCUT2D eigenvalue weighted by Crippen LogP contribution is 2.30. The molecule has 2 aromatic carbocycles. The molecule has 0 bridgehead atoms. The summed E-state index contributed by atoms with van der Waals surface area (Å²) in [6.07, 6.45) is 1.29. The normalized spacial score (nSPS) is 10.6. The lowest BCUT2D eigenvalue weighted by atomic mass is 10.2. The molecule has 0 spiro atoms. The largest absolute Gasteiger partial charge is 0.467 e. The van der Waals surface area contributed by atoms with Crippen LogP contribution in [0, 0.1) is 6.92 Å². The van der Waals surface area contributed by atoms with Crippen molar-refractivity contribution in [2.45, 2.75) is 6.92 Å². The van der Waals surface area contributed by atoms with Crippen LogP contribution < -0.4 is 10.1 Å². The van der Waals surface area contributed by atoms with Crippen LogP contribution in [0.3, 0.4) is 0 Å². The van der Waals surface area contributed by atoms with E-state index in [-0.39, 0.29) is 30.8 Å². The van der Waals surface area contributed by atoms with Crippen molar-refractivity contribution in [2.75, 3.05) is 25.5 Å². The number of hydrogen-bond acceptors (Lipinski definition) is 5. The number of halogens is 2. The second-order valence-corrected chi connectivity index (χ2v) is 7.26. The van der Waals surface area contributed by atoms with Crippen LogP contribution in [0.4, 0.5) is 5.69 Å². The fourth-order valence-electron chi connectivity index (χ4n) is 2.57. The summed E-state index contributed by atoms with van der Waals surface area (Å²) < 4.78 is 5.53. The Bertz CT molecular complexity index is 1060. The summed E-state index contributed by atoms with van der Waals surface area (Å²) in [5.41, 5.74) is 2.23. The summed E-state index contributed by atoms with van der Waals surface area (Å²) in [5.74, 6) is -0.509. The first-order valence-electron chi connectivity index (χ1n) is 8.66. The van der Waals surface area contributed by atoms with Crippen LogP contribution in [-0.2, 0) is 9.59 Å². The molecule has 3 aromatic rings. The fraction of sp³-hybridized carbons (Fsp3) is 0.200. The molecule has 9 heteroatoms. The van der Waals surface area contributed by atoms with Gasteiger partial charge in [0.05, 0.1) is 22.5 Å². The van der Waals surface area contributed by atoms with Crippen molar-refractivity contribution < 1.29 is 14.3 Å². The molecule has 7 nitrogen and oxygen atoms in total. The number of nitrogens with one attached hydrogen (secondary N) is 1. The maximum Gasteiger partial charge on any atom is 0.260 e. The average Bonchev–Trinajstić information content (AvgIpc) is 2.67. The lowest BCUT2D eigenvalue weighted by molar-refractivity contribution is -0.135. The smallest absolute Gasteiger partial charge is 0.260 e. The van der Waals surface area contributed by atoms with Gasteiger partial charge in [-0.25, -0.2) is 9.97 Å². The number of anilines is 1. The van der Waals surface area contributed by atoms with Gasteiger partial charge in [0.15, 0.2) is 6.61 Å². The molecule has 0 radical (unpaired) electrons. The molecule has 0 aliphatic carbocycles. The number of ether oxygens (including phenoxy) is 1. The Morgan fingerprint density at radius 3 is 2.59 bits per heavy atom. The van der Waals surface area contributed by atoms with Crippen LogP contribution in [0.25, 0.3) is 10.9 Å². The zero-order valence-electron chi connectivity index (χ0n) is 15.8. The molecule has 0 aliphatic rings. The molecular weight excluding hydrogens is 415 g/mol. The Labute approximate surface area is 177 Å². The first-order chi connectivity index (χ1) is 13.8. The van der Waals surface area contributed by atoms with E-state index in [4.69, 9.17) is 27.9 Å². The minimum atomic E-state index is -0.385. The standard InChI is InChI=1S/C20H18Cl2N4O3/c1-12-3-5-14(6-4-12)25-17(27)9-26(2)18(28)10-29-20-15-7-13(21)8-16(22)19(15)23-11-24-20/h3-8,11H,9-10H2,1-2H3,(H,25,27). The predicted octanol–water partition coefficient (Wildman–Crippen LogP) is 3.72. The van der Waals surface area contributed by atoms with Gasteiger partial charge < -0.3 is 15.0 Å². The molecule has 150 valence electrons. The van der Waals surface area contributed by atoms with Gasteiger partial charge in [0.1, 0.15) is 6.33 Å². The number of amides is 2. The minimum absolute atomic E-state index is 0.113. The van der Waals surface area contributed by atoms with E-state index in [1.54, 1.807) is 24.3 Å². The van der Waals surface area contributed by atoms with E-state index in [0.29, 0.717) is 26.6 Å². The van der Waals surface area contributed by atoms with Crippen LogP contribution in [-0.4, -0.2) is 46.9 Å². The van der Waals surface area contributed by atoms with Gasteiger partial charge in [-0.2, -0.15) is 0 Å². The molecule has 29 heavy (non-hydrogen) atoms. The number of aryl methyl sites for hydroxylation is 1. The molecule has 0 atom stereocenters. The van der Waals surface area contributed by atoms with Crippen LogP contribution in [0.15, 0.2) is 42.7 Å². The zero-order valence-corrected chi connectivity index (χ0v) is 17.3. The van der Waals surface area contributed by atoms with Crippen molar-refractivity contribution in [3.05, 3.63) is 58.3 Å². The van der Waals surface area contributed by atoms with E-state index in [1.807, 2.05) is 19.1 Å². The third kappa shape index (κ3) is 5.34. The molecule has 0 unspecified atom stereocenters. The third-order valence-corrected chi connectivity index (χ3v) is 4.60. The van der Waals surface area contributed by atoms with Gasteiger partial charge in [-0.3, -0.25) is 9.59 Å². The van der Waals surface area contributed by atoms with Crippen molar-refractivity contribution in [1.29, 1.82) is 0 Å². The second-order valence-electron chi connectivity index (χ2n) is 6.42. The van der Waals surface area contributed by atoms with E-state index in [1.165, 1.54) is 18.3 Å². The van der Waals surface area contributed by atoms with Crippen LogP contribution in [0.2, 0.25) is 10.0 Å². The number of hydrogen-bond donors (Lipinski definition) is 1. The van der Waals surface area contributed by atoms with Crippen molar-refractivity contribution in [1.82, 2.24) is 14.9 Å². The molecule has 2 amide bonds. The van der Waals surface area contributed by atoms with E-state index < -0.39 is 0 Å². The SMILES string of the molecule is Cc1ccc(NC(=O)CN(C)C(=O)COc2ncnc3c(Cl)cc(Cl)cc23)cc1. The molecule has 0 saturated heterocycles. The number of aromatic nitrogens is 2. The van der Waals surface area contributed by atoms with E-state index in [0.717, 1.165) is 5.56 Å². The monoisotopic (exact) mass is 432 g/mol. The van der Waals surface area contributed by atoms with E-state index in [9.17, 15) is 9.59 Å². The van der Waals surface area contributed by atoms with Gasteiger partial charge in [0.2, 0.25) is 11.8 Å². The Hall–Kier alpha value is -2.90. The number of benzene rings is 2. The highest BCUT2D eigenvalue weighted by Gasteiger charge is 2.16. The highest BCUT2D eigenvalue weighted by atomic mass is 35.5. The molecular formula is C20H18Cl2N4O3. The number of rotatable bonds is 6. The van der Waals surface area contributed by atoms with Crippen LogP contribution >= 0.6 is 23.2 Å². The van der Waals surface area contributed by atoms with Crippen LogP contribution in [0.1, 0.15) is 5.56 Å². The lowest BCUT2D eigenvalue weighted by Crippen LogP contribution is -2.37. The fourth-order valence-corrected chi connectivity index (χ4v) is 3.11. The van der Waals surface area contributed by atoms with Gasteiger partial charge >= 0.3 is 0 Å². The van der Waals surface area contributed by atoms with Gasteiger partial charge in [-0.05, 0) is 31.2 Å². The Balaban J connectivity index is 1.59. The molecule has 3 rings (SSSR count). The molecule has 0 aliphatic heterocycles. The number of fused-ring (bicyclic) bond motifs is 1. The first kappa shape index (κ1) is 20.8. The van der Waals surface area contributed by atoms with Gasteiger partial charge in [0, 0.05) is 17.8 Å². The maximum atomic E-state index is 12.3. The first-order valence-corrected chi connectivity index (χ1v) is 9.42. The van der Waals surface area contributed by atoms with E-state index >= 15 is 0 Å². The van der Waals surface area contributed by atoms with Crippen molar-refractivity contribution in [2.24, 2.45) is 0 Å². The molecule has 0 fully saturated rings. The summed E-state index contributed by atoms with van der Waals surface area (Å²) >= 11 is 12.2. The van der Waals surface area contributed by atoms with Crippen molar-refractivity contribution in [3.63, 3.8) is 0 Å². The number of likely N-dealkylation sites (N-methyl/N-ethyl adjacent to an activating group) is 1. The van der Waals surface area contributed by atoms with Crippen LogP contribution in [0.5, 0.6) is 5.88 Å². The molecule has 1 heterocycles. The zero-order chi connectivity index (χ0) is 21.0. The summed E-state index contributed by atoms with van der Waals surface area (Å²) in [6.45, 7) is 1.55. The van der Waals surface area contributed by atoms with Gasteiger partial charge in [0.25, 0.3) is 5.91 Å². The average molecular weight is 433 g/mol. The summed E-state index contributed by atoms with van der Waals surface area (Å²) in [7, 11) is 1.52. The van der Waals surface area contributed by atoms with Gasteiger partial charge in [-0.1, -0.05) is 40.9 Å². The summed E-state index contributed by atoms with van der Waals surface area (Å²) in [4.78, 5) is 33.9.